The first-order valence-electron chi connectivity index (χ1n) is 13.1. The number of urea groups is 2. The Balaban J connectivity index is 1.45. The van der Waals surface area contributed by atoms with E-state index in [0.29, 0.717) is 35.4 Å². The first kappa shape index (κ1) is 26.4. The van der Waals surface area contributed by atoms with Crippen molar-refractivity contribution in [2.75, 3.05) is 20.2 Å². The molecule has 4 atom stereocenters. The lowest BCUT2D eigenvalue weighted by molar-refractivity contribution is -0.128. The van der Waals surface area contributed by atoms with E-state index >= 15 is 0 Å². The first-order valence-corrected chi connectivity index (χ1v) is 13.1. The zero-order valence-corrected chi connectivity index (χ0v) is 22.0. The Kier molecular flexibility index (Phi) is 7.11. The number of hydrogen-bond donors (Lipinski definition) is 2. The summed E-state index contributed by atoms with van der Waals surface area (Å²) in [5.74, 6) is 0.411. The lowest BCUT2D eigenvalue weighted by Gasteiger charge is -2.29. The smallest absolute Gasteiger partial charge is 0.328 e. The fourth-order valence-electron chi connectivity index (χ4n) is 5.46. The van der Waals surface area contributed by atoms with Crippen molar-refractivity contribution in [3.63, 3.8) is 0 Å². The Labute approximate surface area is 225 Å². The molecule has 206 valence electrons. The molecule has 5 amide bonds. The number of fused-ring (bicyclic) bond motifs is 3. The molecule has 1 saturated heterocycles. The van der Waals surface area contributed by atoms with E-state index in [1.807, 2.05) is 19.1 Å². The highest BCUT2D eigenvalue weighted by Crippen LogP contribution is 2.43. The molecule has 3 heterocycles. The summed E-state index contributed by atoms with van der Waals surface area (Å²) in [7, 11) is 1.58. The second kappa shape index (κ2) is 10.5. The fourth-order valence-corrected chi connectivity index (χ4v) is 5.46. The summed E-state index contributed by atoms with van der Waals surface area (Å²) in [5.41, 5.74) is 6.05. The number of carbonyl (C=O) groups excluding carboxylic acids is 4. The van der Waals surface area contributed by atoms with E-state index in [1.54, 1.807) is 19.2 Å². The molecule has 0 bridgehead atoms. The van der Waals surface area contributed by atoms with Gasteiger partial charge in [0, 0.05) is 24.4 Å². The summed E-state index contributed by atoms with van der Waals surface area (Å²) in [5, 5.41) is 3.52. The number of rotatable bonds is 4. The Morgan fingerprint density at radius 1 is 1.26 bits per heavy atom. The van der Waals surface area contributed by atoms with E-state index in [9.17, 15) is 19.2 Å². The van der Waals surface area contributed by atoms with Crippen molar-refractivity contribution in [3.8, 4) is 11.6 Å². The molecule has 1 saturated carbocycles. The Morgan fingerprint density at radius 3 is 2.82 bits per heavy atom. The largest absolute Gasteiger partial charge is 0.496 e. The van der Waals surface area contributed by atoms with Gasteiger partial charge in [-0.3, -0.25) is 4.79 Å². The zero-order chi connectivity index (χ0) is 27.7. The van der Waals surface area contributed by atoms with E-state index in [2.05, 4.69) is 15.3 Å². The minimum Gasteiger partial charge on any atom is -0.496 e. The average molecular weight is 537 g/mol. The summed E-state index contributed by atoms with van der Waals surface area (Å²) in [6.07, 6.45) is 8.12. The number of nitrogens with zero attached hydrogens (tertiary/aromatic N) is 4. The van der Waals surface area contributed by atoms with Crippen LogP contribution >= 0.6 is 0 Å². The van der Waals surface area contributed by atoms with Crippen LogP contribution in [-0.2, 0) is 9.59 Å². The molecule has 1 aromatic heterocycles. The highest BCUT2D eigenvalue weighted by molar-refractivity contribution is 5.97. The third kappa shape index (κ3) is 4.98. The van der Waals surface area contributed by atoms with Crippen LogP contribution in [0.5, 0.6) is 11.6 Å². The van der Waals surface area contributed by atoms with Gasteiger partial charge < -0.3 is 30.2 Å². The number of aryl methyl sites for hydroxylation is 1. The van der Waals surface area contributed by atoms with Crippen LogP contribution in [0.3, 0.4) is 0 Å². The van der Waals surface area contributed by atoms with Crippen LogP contribution in [0.25, 0.3) is 10.9 Å². The topological polar surface area (TPSA) is 157 Å². The number of hydrogen-bond acceptors (Lipinski definition) is 8. The van der Waals surface area contributed by atoms with Crippen molar-refractivity contribution in [3.05, 3.63) is 36.2 Å². The second-order valence-electron chi connectivity index (χ2n) is 10.3. The van der Waals surface area contributed by atoms with Gasteiger partial charge in [-0.2, -0.15) is 0 Å². The molecular weight excluding hydrogens is 504 g/mol. The normalized spacial score (nSPS) is 28.1. The third-order valence-electron chi connectivity index (χ3n) is 7.78. The summed E-state index contributed by atoms with van der Waals surface area (Å²) in [6.45, 7) is 2.05. The lowest BCUT2D eigenvalue weighted by Crippen LogP contribution is -2.55. The van der Waals surface area contributed by atoms with Gasteiger partial charge >= 0.3 is 12.1 Å². The number of imide groups is 1. The van der Waals surface area contributed by atoms with Gasteiger partial charge in [-0.05, 0) is 44.7 Å². The quantitative estimate of drug-likeness (QED) is 0.444. The molecule has 3 N–H and O–H groups in total. The van der Waals surface area contributed by atoms with Crippen molar-refractivity contribution < 1.29 is 28.7 Å². The van der Waals surface area contributed by atoms with Crippen molar-refractivity contribution in [2.24, 2.45) is 11.7 Å². The molecule has 4 unspecified atom stereocenters. The fraction of sp³-hybridized carbons (Fsp3) is 0.481. The van der Waals surface area contributed by atoms with Gasteiger partial charge in [0.25, 0.3) is 0 Å². The number of ether oxygens (including phenoxy) is 2. The predicted molar refractivity (Wildman–Crippen MR) is 140 cm³/mol. The number of aldehydes is 1. The van der Waals surface area contributed by atoms with E-state index in [4.69, 9.17) is 15.2 Å². The Bertz CT molecular complexity index is 1350. The van der Waals surface area contributed by atoms with Crippen molar-refractivity contribution >= 4 is 35.2 Å². The molecule has 12 nitrogen and oxygen atoms in total. The van der Waals surface area contributed by atoms with Crippen LogP contribution in [0.4, 0.5) is 9.59 Å². The molecule has 2 aromatic rings. The molecule has 0 spiro atoms. The number of aromatic nitrogens is 2. The molecule has 2 fully saturated rings. The molecule has 3 aliphatic rings. The SMILES string of the molecule is COc1ccc2c(OC3CC4C(=O)NC5(C=O)CC5/C=C/CCCCN(C(N)=O)C(=O)N4C3)ncnc2c1C. The van der Waals surface area contributed by atoms with Crippen LogP contribution < -0.4 is 20.5 Å². The number of benzene rings is 1. The van der Waals surface area contributed by atoms with Gasteiger partial charge in [-0.15, -0.1) is 0 Å². The summed E-state index contributed by atoms with van der Waals surface area (Å²) in [4.78, 5) is 62.2. The molecule has 1 aliphatic carbocycles. The lowest BCUT2D eigenvalue weighted by atomic mass is 10.1. The predicted octanol–water partition coefficient (Wildman–Crippen LogP) is 2.08. The molecule has 1 aromatic carbocycles. The van der Waals surface area contributed by atoms with Crippen molar-refractivity contribution in [2.45, 2.75) is 56.7 Å². The number of nitrogens with one attached hydrogen (secondary N) is 1. The Hall–Kier alpha value is -4.22. The van der Waals surface area contributed by atoms with Gasteiger partial charge in [0.1, 0.15) is 36.0 Å². The van der Waals surface area contributed by atoms with E-state index < -0.39 is 35.7 Å². The van der Waals surface area contributed by atoms with Crippen molar-refractivity contribution in [1.29, 1.82) is 0 Å². The molecule has 2 aliphatic heterocycles. The van der Waals surface area contributed by atoms with Crippen LogP contribution in [0.1, 0.15) is 37.7 Å². The van der Waals surface area contributed by atoms with Crippen LogP contribution in [0.2, 0.25) is 0 Å². The van der Waals surface area contributed by atoms with Gasteiger partial charge in [-0.1, -0.05) is 12.2 Å². The minimum absolute atomic E-state index is 0.0265. The molecule has 5 rings (SSSR count). The van der Waals surface area contributed by atoms with Crippen LogP contribution in [0.15, 0.2) is 30.6 Å². The van der Waals surface area contributed by atoms with Crippen LogP contribution in [-0.4, -0.2) is 81.9 Å². The summed E-state index contributed by atoms with van der Waals surface area (Å²) in [6, 6.07) is 1.07. The van der Waals surface area contributed by atoms with E-state index in [1.165, 1.54) is 11.2 Å². The number of carbonyl (C=O) groups is 4. The third-order valence-corrected chi connectivity index (χ3v) is 7.78. The number of methoxy groups -OCH3 is 1. The summed E-state index contributed by atoms with van der Waals surface area (Å²) >= 11 is 0. The van der Waals surface area contributed by atoms with Crippen LogP contribution in [0, 0.1) is 12.8 Å². The maximum atomic E-state index is 13.5. The van der Waals surface area contributed by atoms with Gasteiger partial charge in [0.15, 0.2) is 0 Å². The average Bonchev–Trinajstić information content (AvgIpc) is 3.43. The minimum atomic E-state index is -0.992. The summed E-state index contributed by atoms with van der Waals surface area (Å²) < 4.78 is 11.6. The molecule has 39 heavy (non-hydrogen) atoms. The molecule has 0 radical (unpaired) electrons. The molecular formula is C27H32N6O6. The highest BCUT2D eigenvalue weighted by atomic mass is 16.5. The first-order chi connectivity index (χ1) is 18.8. The van der Waals surface area contributed by atoms with Gasteiger partial charge in [0.2, 0.25) is 11.8 Å². The second-order valence-corrected chi connectivity index (χ2v) is 10.3. The maximum absolute atomic E-state index is 13.5. The van der Waals surface area contributed by atoms with Crippen molar-refractivity contribution in [1.82, 2.24) is 25.1 Å². The van der Waals surface area contributed by atoms with Gasteiger partial charge in [-0.25, -0.2) is 24.5 Å². The zero-order valence-electron chi connectivity index (χ0n) is 22.0. The highest BCUT2D eigenvalue weighted by Gasteiger charge is 2.56. The number of allylic oxidation sites excluding steroid dienone is 1. The molecule has 12 heteroatoms. The van der Waals surface area contributed by atoms with E-state index in [0.717, 1.165) is 29.6 Å². The Morgan fingerprint density at radius 2 is 2.08 bits per heavy atom. The standard InChI is InChI=1S/C27H32N6O6/c1-16-21(38-2)9-8-19-22(16)29-15-30-24(19)39-18-11-20-23(35)31-27(14-34)12-17(27)7-5-3-4-6-10-32(25(28)36)26(37)33(20)13-18/h5,7-9,14-15,17-18,20H,3-4,6,10-13H2,1-2H3,(H2,28,36)(H,31,35)/b7-5+. The number of nitrogens with two attached hydrogens (primary N) is 1. The number of amides is 5. The number of primary amides is 1. The monoisotopic (exact) mass is 536 g/mol. The van der Waals surface area contributed by atoms with Gasteiger partial charge in [0.05, 0.1) is 24.6 Å². The van der Waals surface area contributed by atoms with E-state index in [-0.39, 0.29) is 25.4 Å². The maximum Gasteiger partial charge on any atom is 0.328 e.